The minimum absolute atomic E-state index is 0.285. The molecule has 0 amide bonds. The molecule has 0 aliphatic heterocycles. The van der Waals surface area contributed by atoms with Crippen molar-refractivity contribution < 1.29 is 4.79 Å². The Labute approximate surface area is 103 Å². The largest absolute Gasteiger partial charge is 0.335 e. The van der Waals surface area contributed by atoms with Crippen LogP contribution in [0.5, 0.6) is 0 Å². The Hall–Kier alpha value is -1.12. The van der Waals surface area contributed by atoms with Gasteiger partial charge < -0.3 is 4.57 Å². The Morgan fingerprint density at radius 2 is 2.12 bits per heavy atom. The first-order chi connectivity index (χ1) is 8.20. The highest BCUT2D eigenvalue weighted by Crippen LogP contribution is 2.29. The fourth-order valence-electron chi connectivity index (χ4n) is 2.68. The van der Waals surface area contributed by atoms with Crippen molar-refractivity contribution >= 4 is 5.78 Å². The summed E-state index contributed by atoms with van der Waals surface area (Å²) in [4.78, 5) is 16.5. The number of carbonyl (C=O) groups excluding carboxylic acids is 1. The summed E-state index contributed by atoms with van der Waals surface area (Å²) in [5.74, 6) is 2.40. The Morgan fingerprint density at radius 3 is 2.76 bits per heavy atom. The van der Waals surface area contributed by atoms with E-state index in [4.69, 9.17) is 0 Å². The molecule has 3 nitrogen and oxygen atoms in total. The van der Waals surface area contributed by atoms with Gasteiger partial charge in [0.05, 0.1) is 6.42 Å². The van der Waals surface area contributed by atoms with Gasteiger partial charge in [-0.15, -0.1) is 0 Å². The minimum Gasteiger partial charge on any atom is -0.335 e. The molecular weight excluding hydrogens is 212 g/mol. The van der Waals surface area contributed by atoms with E-state index in [0.29, 0.717) is 12.2 Å². The van der Waals surface area contributed by atoms with Crippen LogP contribution in [0.15, 0.2) is 12.4 Å². The Kier molecular flexibility index (Phi) is 3.97. The number of hydrogen-bond acceptors (Lipinski definition) is 2. The number of rotatable bonds is 4. The van der Waals surface area contributed by atoms with Crippen LogP contribution in [0.1, 0.15) is 45.4 Å². The maximum absolute atomic E-state index is 12.2. The van der Waals surface area contributed by atoms with E-state index in [1.165, 1.54) is 12.8 Å². The van der Waals surface area contributed by atoms with E-state index in [1.807, 2.05) is 6.20 Å². The number of imidazole rings is 1. The van der Waals surface area contributed by atoms with Crippen LogP contribution < -0.4 is 0 Å². The minimum atomic E-state index is 0.285. The molecule has 0 atom stereocenters. The predicted octanol–water partition coefficient (Wildman–Crippen LogP) is 2.84. The molecular formula is C14H22N2O. The Balaban J connectivity index is 1.93. The molecule has 2 rings (SSSR count). The van der Waals surface area contributed by atoms with Gasteiger partial charge in [0.2, 0.25) is 0 Å². The summed E-state index contributed by atoms with van der Waals surface area (Å²) >= 11 is 0. The van der Waals surface area contributed by atoms with Crippen molar-refractivity contribution in [3.8, 4) is 0 Å². The van der Waals surface area contributed by atoms with Crippen molar-refractivity contribution in [3.05, 3.63) is 18.2 Å². The molecule has 0 unspecified atom stereocenters. The van der Waals surface area contributed by atoms with E-state index in [9.17, 15) is 4.79 Å². The van der Waals surface area contributed by atoms with Crippen molar-refractivity contribution in [2.75, 3.05) is 0 Å². The zero-order valence-corrected chi connectivity index (χ0v) is 10.9. The van der Waals surface area contributed by atoms with Gasteiger partial charge in [-0.05, 0) is 25.7 Å². The predicted molar refractivity (Wildman–Crippen MR) is 67.7 cm³/mol. The molecule has 1 aliphatic carbocycles. The molecule has 0 spiro atoms. The van der Waals surface area contributed by atoms with Crippen LogP contribution in [-0.2, 0) is 17.8 Å². The monoisotopic (exact) mass is 234 g/mol. The third kappa shape index (κ3) is 2.96. The Bertz CT molecular complexity index is 375. The lowest BCUT2D eigenvalue weighted by atomic mass is 9.80. The van der Waals surface area contributed by atoms with Crippen LogP contribution >= 0.6 is 0 Å². The molecule has 1 fully saturated rings. The summed E-state index contributed by atoms with van der Waals surface area (Å²) < 4.78 is 2.06. The van der Waals surface area contributed by atoms with Gasteiger partial charge in [0.15, 0.2) is 0 Å². The summed E-state index contributed by atoms with van der Waals surface area (Å²) in [7, 11) is 0. The number of Topliss-reactive ketones (excluding diaryl/α,β-unsaturated/α-hetero) is 1. The molecule has 1 aromatic rings. The average Bonchev–Trinajstić information content (AvgIpc) is 2.77. The zero-order chi connectivity index (χ0) is 12.3. The maximum atomic E-state index is 12.2. The van der Waals surface area contributed by atoms with Crippen LogP contribution in [0.3, 0.4) is 0 Å². The third-order valence-electron chi connectivity index (χ3n) is 3.95. The van der Waals surface area contributed by atoms with Gasteiger partial charge in [-0.3, -0.25) is 4.79 Å². The van der Waals surface area contributed by atoms with Crippen molar-refractivity contribution in [2.24, 2.45) is 11.8 Å². The quantitative estimate of drug-likeness (QED) is 0.803. The summed E-state index contributed by atoms with van der Waals surface area (Å²) in [6.45, 7) is 5.26. The molecule has 94 valence electrons. The van der Waals surface area contributed by atoms with Crippen LogP contribution in [0, 0.1) is 11.8 Å². The lowest BCUT2D eigenvalue weighted by Gasteiger charge is -2.24. The smallest absolute Gasteiger partial charge is 0.143 e. The van der Waals surface area contributed by atoms with Crippen LogP contribution in [0.25, 0.3) is 0 Å². The van der Waals surface area contributed by atoms with Crippen LogP contribution in [-0.4, -0.2) is 15.3 Å². The molecule has 3 heteroatoms. The van der Waals surface area contributed by atoms with Crippen molar-refractivity contribution in [1.82, 2.24) is 9.55 Å². The summed E-state index contributed by atoms with van der Waals surface area (Å²) in [5.41, 5.74) is 0. The second-order valence-corrected chi connectivity index (χ2v) is 5.23. The van der Waals surface area contributed by atoms with Crippen molar-refractivity contribution in [2.45, 2.75) is 52.5 Å². The van der Waals surface area contributed by atoms with Gasteiger partial charge in [-0.1, -0.05) is 19.8 Å². The molecule has 0 aromatic carbocycles. The first kappa shape index (κ1) is 12.3. The van der Waals surface area contributed by atoms with E-state index in [2.05, 4.69) is 23.4 Å². The van der Waals surface area contributed by atoms with Crippen LogP contribution in [0.4, 0.5) is 0 Å². The molecule has 0 bridgehead atoms. The van der Waals surface area contributed by atoms with Gasteiger partial charge in [-0.2, -0.15) is 0 Å². The van der Waals surface area contributed by atoms with E-state index in [0.717, 1.165) is 31.1 Å². The Morgan fingerprint density at radius 1 is 1.41 bits per heavy atom. The fraction of sp³-hybridized carbons (Fsp3) is 0.714. The number of aromatic nitrogens is 2. The van der Waals surface area contributed by atoms with Crippen molar-refractivity contribution in [3.63, 3.8) is 0 Å². The molecule has 1 heterocycles. The first-order valence-electron chi connectivity index (χ1n) is 6.73. The zero-order valence-electron chi connectivity index (χ0n) is 10.9. The normalized spacial score (nSPS) is 24.8. The highest BCUT2D eigenvalue weighted by atomic mass is 16.1. The summed E-state index contributed by atoms with van der Waals surface area (Å²) in [6, 6.07) is 0. The number of hydrogen-bond donors (Lipinski definition) is 0. The summed E-state index contributed by atoms with van der Waals surface area (Å²) in [5, 5.41) is 0. The van der Waals surface area contributed by atoms with E-state index in [-0.39, 0.29) is 5.92 Å². The SMILES string of the molecule is CCn1ccnc1CC(=O)C1CCC(C)CC1. The molecule has 1 aromatic heterocycles. The lowest BCUT2D eigenvalue weighted by molar-refractivity contribution is -0.123. The number of aryl methyl sites for hydroxylation is 1. The van der Waals surface area contributed by atoms with E-state index < -0.39 is 0 Å². The molecule has 0 radical (unpaired) electrons. The van der Waals surface area contributed by atoms with Crippen molar-refractivity contribution in [1.29, 1.82) is 0 Å². The number of nitrogens with zero attached hydrogens (tertiary/aromatic N) is 2. The number of carbonyl (C=O) groups is 1. The standard InChI is InChI=1S/C14H22N2O/c1-3-16-9-8-15-14(16)10-13(17)12-6-4-11(2)5-7-12/h8-9,11-12H,3-7,10H2,1-2H3. The van der Waals surface area contributed by atoms with Crippen LogP contribution in [0.2, 0.25) is 0 Å². The second kappa shape index (κ2) is 5.48. The first-order valence-corrected chi connectivity index (χ1v) is 6.73. The molecule has 0 saturated heterocycles. The number of ketones is 1. The van der Waals surface area contributed by atoms with Gasteiger partial charge in [0.25, 0.3) is 0 Å². The van der Waals surface area contributed by atoms with Gasteiger partial charge in [-0.25, -0.2) is 4.98 Å². The highest BCUT2D eigenvalue weighted by Gasteiger charge is 2.24. The average molecular weight is 234 g/mol. The molecule has 0 N–H and O–H groups in total. The topological polar surface area (TPSA) is 34.9 Å². The second-order valence-electron chi connectivity index (χ2n) is 5.23. The lowest BCUT2D eigenvalue weighted by Crippen LogP contribution is -2.23. The maximum Gasteiger partial charge on any atom is 0.143 e. The van der Waals surface area contributed by atoms with E-state index in [1.54, 1.807) is 6.20 Å². The fourth-order valence-corrected chi connectivity index (χ4v) is 2.68. The summed E-state index contributed by atoms with van der Waals surface area (Å²) in [6.07, 6.45) is 8.82. The van der Waals surface area contributed by atoms with Gasteiger partial charge in [0.1, 0.15) is 11.6 Å². The third-order valence-corrected chi connectivity index (χ3v) is 3.95. The van der Waals surface area contributed by atoms with Gasteiger partial charge >= 0.3 is 0 Å². The van der Waals surface area contributed by atoms with E-state index >= 15 is 0 Å². The molecule has 1 saturated carbocycles. The highest BCUT2D eigenvalue weighted by molar-refractivity contribution is 5.82. The molecule has 17 heavy (non-hydrogen) atoms. The van der Waals surface area contributed by atoms with Gasteiger partial charge in [0, 0.05) is 24.9 Å². The molecule has 1 aliphatic rings.